The van der Waals surface area contributed by atoms with Crippen molar-refractivity contribution >= 4 is 11.8 Å². The molecule has 9 nitrogen and oxygen atoms in total. The molecule has 150 valence electrons. The number of aliphatic hydroxyl groups is 1. The molecule has 0 aliphatic rings. The van der Waals surface area contributed by atoms with Crippen LogP contribution in [0.1, 0.15) is 22.8 Å². The van der Waals surface area contributed by atoms with Gasteiger partial charge in [-0.3, -0.25) is 14.8 Å². The molecule has 0 radical (unpaired) electrons. The number of rotatable bonds is 7. The Morgan fingerprint density at radius 2 is 1.79 bits per heavy atom. The molecular formula is C20H21N5O4. The van der Waals surface area contributed by atoms with Crippen molar-refractivity contribution in [2.24, 2.45) is 0 Å². The van der Waals surface area contributed by atoms with Crippen molar-refractivity contribution in [1.29, 1.82) is 0 Å². The van der Waals surface area contributed by atoms with Crippen LogP contribution in [-0.4, -0.2) is 49.3 Å². The van der Waals surface area contributed by atoms with Crippen LogP contribution in [0, 0.1) is 0 Å². The fourth-order valence-corrected chi connectivity index (χ4v) is 2.77. The van der Waals surface area contributed by atoms with Gasteiger partial charge in [0.2, 0.25) is 0 Å². The van der Waals surface area contributed by atoms with Crippen molar-refractivity contribution < 1.29 is 19.9 Å². The second kappa shape index (κ2) is 9.09. The Bertz CT molecular complexity index is 970. The molecule has 2 amide bonds. The van der Waals surface area contributed by atoms with Crippen LogP contribution in [-0.2, 0) is 11.3 Å². The second-order valence-corrected chi connectivity index (χ2v) is 6.53. The predicted molar refractivity (Wildman–Crippen MR) is 104 cm³/mol. The van der Waals surface area contributed by atoms with E-state index in [2.05, 4.69) is 15.6 Å². The van der Waals surface area contributed by atoms with Gasteiger partial charge in [-0.1, -0.05) is 47.7 Å². The van der Waals surface area contributed by atoms with Crippen LogP contribution in [0.5, 0.6) is 0 Å². The predicted octanol–water partition coefficient (Wildman–Crippen LogP) is 0.978. The van der Waals surface area contributed by atoms with Gasteiger partial charge >= 0.3 is 0 Å². The number of nitrogens with zero attached hydrogens (tertiary/aromatic N) is 3. The van der Waals surface area contributed by atoms with Crippen LogP contribution in [0.15, 0.2) is 60.8 Å². The van der Waals surface area contributed by atoms with Crippen molar-refractivity contribution in [2.75, 3.05) is 0 Å². The molecule has 0 saturated carbocycles. The Hall–Kier alpha value is -3.56. The van der Waals surface area contributed by atoms with E-state index >= 15 is 0 Å². The van der Waals surface area contributed by atoms with Crippen molar-refractivity contribution in [3.05, 3.63) is 71.9 Å². The molecular weight excluding hydrogens is 374 g/mol. The van der Waals surface area contributed by atoms with Gasteiger partial charge in [-0.25, -0.2) is 10.2 Å². The maximum atomic E-state index is 12.3. The smallest absolute Gasteiger partial charge is 0.268 e. The first kappa shape index (κ1) is 20.2. The van der Waals surface area contributed by atoms with Gasteiger partial charge in [0.05, 0.1) is 18.8 Å². The molecule has 0 aliphatic heterocycles. The van der Waals surface area contributed by atoms with Gasteiger partial charge in [0.25, 0.3) is 11.8 Å². The number of carbonyl (C=O) groups is 2. The summed E-state index contributed by atoms with van der Waals surface area (Å²) in [5.74, 6) is -1.46. The Balaban J connectivity index is 1.68. The zero-order valence-electron chi connectivity index (χ0n) is 15.7. The molecule has 1 unspecified atom stereocenters. The van der Waals surface area contributed by atoms with E-state index < -0.39 is 24.0 Å². The highest BCUT2D eigenvalue weighted by Crippen LogP contribution is 2.17. The molecule has 1 heterocycles. The minimum Gasteiger partial charge on any atom is -0.391 e. The number of hydrogen-bond acceptors (Lipinski definition) is 6. The zero-order chi connectivity index (χ0) is 20.8. The lowest BCUT2D eigenvalue weighted by Gasteiger charge is -2.19. The van der Waals surface area contributed by atoms with Crippen LogP contribution < -0.4 is 10.8 Å². The van der Waals surface area contributed by atoms with E-state index in [9.17, 15) is 14.7 Å². The summed E-state index contributed by atoms with van der Waals surface area (Å²) in [7, 11) is 0. The van der Waals surface area contributed by atoms with E-state index in [1.54, 1.807) is 28.9 Å². The molecule has 1 aromatic heterocycles. The lowest BCUT2D eigenvalue weighted by molar-refractivity contribution is -0.133. The minimum atomic E-state index is -1.27. The molecule has 0 saturated heterocycles. The van der Waals surface area contributed by atoms with Gasteiger partial charge in [-0.15, -0.1) is 5.10 Å². The third-order valence-electron chi connectivity index (χ3n) is 4.33. The number of amides is 2. The number of hydrogen-bond donors (Lipinski definition) is 4. The summed E-state index contributed by atoms with van der Waals surface area (Å²) in [6, 6.07) is 15.2. The molecule has 3 rings (SSSR count). The molecule has 0 aliphatic carbocycles. The highest BCUT2D eigenvalue weighted by molar-refractivity contribution is 5.97. The number of nitrogens with one attached hydrogen (secondary N) is 2. The van der Waals surface area contributed by atoms with E-state index in [4.69, 9.17) is 5.21 Å². The van der Waals surface area contributed by atoms with Crippen molar-refractivity contribution in [3.63, 3.8) is 0 Å². The van der Waals surface area contributed by atoms with Crippen LogP contribution in [0.4, 0.5) is 0 Å². The average molecular weight is 395 g/mol. The Morgan fingerprint density at radius 3 is 2.41 bits per heavy atom. The third kappa shape index (κ3) is 5.03. The lowest BCUT2D eigenvalue weighted by Crippen LogP contribution is -2.51. The molecule has 3 aromatic rings. The fourth-order valence-electron chi connectivity index (χ4n) is 2.77. The van der Waals surface area contributed by atoms with Gasteiger partial charge in [0.1, 0.15) is 11.7 Å². The Labute approximate surface area is 166 Å². The lowest BCUT2D eigenvalue weighted by atomic mass is 10.1. The summed E-state index contributed by atoms with van der Waals surface area (Å²) in [5, 5.41) is 29.0. The molecule has 0 fully saturated rings. The maximum Gasteiger partial charge on any atom is 0.268 e. The first-order valence-corrected chi connectivity index (χ1v) is 8.95. The van der Waals surface area contributed by atoms with Crippen LogP contribution >= 0.6 is 0 Å². The highest BCUT2D eigenvalue weighted by Gasteiger charge is 2.25. The summed E-state index contributed by atoms with van der Waals surface area (Å²) in [6.45, 7) is 1.93. The van der Waals surface area contributed by atoms with Gasteiger partial charge in [-0.2, -0.15) is 0 Å². The molecule has 0 spiro atoms. The topological polar surface area (TPSA) is 129 Å². The van der Waals surface area contributed by atoms with E-state index in [-0.39, 0.29) is 0 Å². The SMILES string of the molecule is C[C@@H](O)C(NC(=O)c1ccc(-c2cn(Cc3ccccc3)nn2)cc1)C(=O)NO. The zero-order valence-corrected chi connectivity index (χ0v) is 15.7. The first-order chi connectivity index (χ1) is 14.0. The summed E-state index contributed by atoms with van der Waals surface area (Å²) >= 11 is 0. The normalized spacial score (nSPS) is 12.8. The highest BCUT2D eigenvalue weighted by atomic mass is 16.5. The van der Waals surface area contributed by atoms with Gasteiger partial charge in [0.15, 0.2) is 0 Å². The summed E-state index contributed by atoms with van der Waals surface area (Å²) in [6.07, 6.45) is 0.641. The first-order valence-electron chi connectivity index (χ1n) is 8.95. The quantitative estimate of drug-likeness (QED) is 0.349. The van der Waals surface area contributed by atoms with Crippen molar-refractivity contribution in [1.82, 2.24) is 25.8 Å². The van der Waals surface area contributed by atoms with E-state index in [1.807, 2.05) is 36.5 Å². The summed E-state index contributed by atoms with van der Waals surface area (Å²) in [5.41, 5.74) is 4.26. The van der Waals surface area contributed by atoms with Gasteiger partial charge < -0.3 is 10.4 Å². The van der Waals surface area contributed by atoms with Crippen LogP contribution in [0.25, 0.3) is 11.3 Å². The second-order valence-electron chi connectivity index (χ2n) is 6.53. The van der Waals surface area contributed by atoms with Crippen molar-refractivity contribution in [3.8, 4) is 11.3 Å². The molecule has 0 bridgehead atoms. The van der Waals surface area contributed by atoms with E-state index in [0.717, 1.165) is 11.1 Å². The number of carbonyl (C=O) groups excluding carboxylic acids is 2. The molecule has 29 heavy (non-hydrogen) atoms. The van der Waals surface area contributed by atoms with E-state index in [1.165, 1.54) is 12.4 Å². The number of benzene rings is 2. The molecule has 2 aromatic carbocycles. The largest absolute Gasteiger partial charge is 0.391 e. The van der Waals surface area contributed by atoms with Gasteiger partial charge in [-0.05, 0) is 24.6 Å². The molecule has 9 heteroatoms. The number of aliphatic hydroxyl groups excluding tert-OH is 1. The monoisotopic (exact) mass is 395 g/mol. The molecule has 2 atom stereocenters. The standard InChI is InChI=1S/C20H21N5O4/c1-13(26)18(20(28)23-29)21-19(27)16-9-7-15(8-10-16)17-12-25(24-22-17)11-14-5-3-2-4-6-14/h2-10,12-13,18,26,29H,11H2,1H3,(H,21,27)(H,23,28)/t13-,18?/m1/s1. The van der Waals surface area contributed by atoms with Crippen LogP contribution in [0.2, 0.25) is 0 Å². The maximum absolute atomic E-state index is 12.3. The Morgan fingerprint density at radius 1 is 1.10 bits per heavy atom. The van der Waals surface area contributed by atoms with E-state index in [0.29, 0.717) is 17.8 Å². The number of hydroxylamine groups is 1. The van der Waals surface area contributed by atoms with Crippen LogP contribution in [0.3, 0.4) is 0 Å². The Kier molecular flexibility index (Phi) is 6.32. The number of aromatic nitrogens is 3. The van der Waals surface area contributed by atoms with Gasteiger partial charge in [0, 0.05) is 11.1 Å². The van der Waals surface area contributed by atoms with Crippen molar-refractivity contribution in [2.45, 2.75) is 25.6 Å². The average Bonchev–Trinajstić information content (AvgIpc) is 3.20. The third-order valence-corrected chi connectivity index (χ3v) is 4.33. The molecule has 4 N–H and O–H groups in total. The fraction of sp³-hybridized carbons (Fsp3) is 0.200. The summed E-state index contributed by atoms with van der Waals surface area (Å²) in [4.78, 5) is 23.9. The summed E-state index contributed by atoms with van der Waals surface area (Å²) < 4.78 is 1.73. The minimum absolute atomic E-state index is 0.293.